The van der Waals surface area contributed by atoms with E-state index in [-0.39, 0.29) is 5.91 Å². The quantitative estimate of drug-likeness (QED) is 0.473. The zero-order valence-corrected chi connectivity index (χ0v) is 14.4. The second-order valence-electron chi connectivity index (χ2n) is 4.97. The normalized spacial score (nSPS) is 15.9. The summed E-state index contributed by atoms with van der Waals surface area (Å²) in [6, 6.07) is 14.3. The van der Waals surface area contributed by atoms with E-state index < -0.39 is 0 Å². The number of hydrogen-bond donors (Lipinski definition) is 0. The maximum atomic E-state index is 12.7. The van der Waals surface area contributed by atoms with Gasteiger partial charge in [-0.1, -0.05) is 60.4 Å². The summed E-state index contributed by atoms with van der Waals surface area (Å²) in [5.74, 6) is 0.402. The molecule has 0 aromatic heterocycles. The van der Waals surface area contributed by atoms with Crippen molar-refractivity contribution in [3.63, 3.8) is 0 Å². The van der Waals surface area contributed by atoms with E-state index in [0.29, 0.717) is 26.2 Å². The number of benzene rings is 2. The number of aldehydes is 1. The van der Waals surface area contributed by atoms with Crippen molar-refractivity contribution in [2.45, 2.75) is 0 Å². The van der Waals surface area contributed by atoms with Crippen LogP contribution in [0.3, 0.4) is 0 Å². The molecule has 1 amide bonds. The Morgan fingerprint density at radius 2 is 1.75 bits per heavy atom. The second kappa shape index (κ2) is 6.98. The molecule has 4 nitrogen and oxygen atoms in total. The van der Waals surface area contributed by atoms with Crippen LogP contribution in [0, 0.1) is 0 Å². The van der Waals surface area contributed by atoms with Gasteiger partial charge >= 0.3 is 0 Å². The molecular weight excluding hydrogens is 342 g/mol. The molecule has 6 heteroatoms. The van der Waals surface area contributed by atoms with Crippen LogP contribution in [0.4, 0.5) is 5.69 Å². The van der Waals surface area contributed by atoms with Gasteiger partial charge in [0.05, 0.1) is 17.7 Å². The van der Waals surface area contributed by atoms with Crippen molar-refractivity contribution in [2.24, 2.45) is 0 Å². The van der Waals surface area contributed by atoms with Gasteiger partial charge < -0.3 is 4.74 Å². The van der Waals surface area contributed by atoms with E-state index in [1.165, 1.54) is 16.7 Å². The SMILES string of the molecule is COc1ccccc1N1C(=O)C(=Cc2ccc(C=O)cc2)SC1=S. The Balaban J connectivity index is 1.93. The molecule has 2 aromatic rings. The number of thioether (sulfide) groups is 1. The van der Waals surface area contributed by atoms with E-state index >= 15 is 0 Å². The first-order chi connectivity index (χ1) is 11.6. The number of carbonyl (C=O) groups is 2. The average molecular weight is 355 g/mol. The third-order valence-electron chi connectivity index (χ3n) is 3.49. The Morgan fingerprint density at radius 1 is 1.08 bits per heavy atom. The predicted octanol–water partition coefficient (Wildman–Crippen LogP) is 3.91. The highest BCUT2D eigenvalue weighted by molar-refractivity contribution is 8.27. The monoisotopic (exact) mass is 355 g/mol. The first-order valence-electron chi connectivity index (χ1n) is 7.10. The average Bonchev–Trinajstić information content (AvgIpc) is 2.89. The lowest BCUT2D eigenvalue weighted by Crippen LogP contribution is -2.27. The van der Waals surface area contributed by atoms with Crippen molar-refractivity contribution < 1.29 is 14.3 Å². The standard InChI is InChI=1S/C18H13NO3S2/c1-22-15-5-3-2-4-14(15)19-17(21)16(24-18(19)23)10-12-6-8-13(11-20)9-7-12/h2-11H,1H3. The number of thiocarbonyl (C=S) groups is 1. The van der Waals surface area contributed by atoms with Crippen molar-refractivity contribution in [3.8, 4) is 5.75 Å². The lowest BCUT2D eigenvalue weighted by Gasteiger charge is -2.17. The lowest BCUT2D eigenvalue weighted by atomic mass is 10.1. The summed E-state index contributed by atoms with van der Waals surface area (Å²) >= 11 is 6.61. The van der Waals surface area contributed by atoms with Gasteiger partial charge in [0.15, 0.2) is 4.32 Å². The second-order valence-corrected chi connectivity index (χ2v) is 6.65. The molecule has 3 rings (SSSR count). The molecule has 120 valence electrons. The molecule has 24 heavy (non-hydrogen) atoms. The van der Waals surface area contributed by atoms with Gasteiger partial charge in [-0.3, -0.25) is 14.5 Å². The van der Waals surface area contributed by atoms with Gasteiger partial charge in [0.1, 0.15) is 12.0 Å². The van der Waals surface area contributed by atoms with Gasteiger partial charge in [0.25, 0.3) is 5.91 Å². The zero-order valence-electron chi connectivity index (χ0n) is 12.8. The van der Waals surface area contributed by atoms with Crippen molar-refractivity contribution in [2.75, 3.05) is 12.0 Å². The number of amides is 1. The number of ether oxygens (including phenoxy) is 1. The molecule has 2 aromatic carbocycles. The van der Waals surface area contributed by atoms with Crippen LogP contribution in [0.2, 0.25) is 0 Å². The van der Waals surface area contributed by atoms with E-state index in [4.69, 9.17) is 17.0 Å². The molecule has 0 radical (unpaired) electrons. The number of anilines is 1. The van der Waals surface area contributed by atoms with Crippen molar-refractivity contribution >= 4 is 52.3 Å². The fourth-order valence-electron chi connectivity index (χ4n) is 2.31. The van der Waals surface area contributed by atoms with Crippen LogP contribution in [0.5, 0.6) is 5.75 Å². The first-order valence-corrected chi connectivity index (χ1v) is 8.32. The molecule has 0 spiro atoms. The van der Waals surface area contributed by atoms with E-state index in [0.717, 1.165) is 11.8 Å². The highest BCUT2D eigenvalue weighted by atomic mass is 32.2. The number of hydrogen-bond acceptors (Lipinski definition) is 5. The van der Waals surface area contributed by atoms with E-state index in [1.54, 1.807) is 49.6 Å². The van der Waals surface area contributed by atoms with Crippen LogP contribution in [0.15, 0.2) is 53.4 Å². The van der Waals surface area contributed by atoms with Crippen LogP contribution in [0.25, 0.3) is 6.08 Å². The summed E-state index contributed by atoms with van der Waals surface area (Å²) in [5.41, 5.74) is 2.05. The molecule has 1 heterocycles. The fraction of sp³-hybridized carbons (Fsp3) is 0.0556. The number of nitrogens with zero attached hydrogens (tertiary/aromatic N) is 1. The lowest BCUT2D eigenvalue weighted by molar-refractivity contribution is -0.113. The van der Waals surface area contributed by atoms with Crippen molar-refractivity contribution in [1.82, 2.24) is 0 Å². The summed E-state index contributed by atoms with van der Waals surface area (Å²) < 4.78 is 5.78. The highest BCUT2D eigenvalue weighted by Crippen LogP contribution is 2.39. The summed E-state index contributed by atoms with van der Waals surface area (Å²) in [6.45, 7) is 0. The minimum absolute atomic E-state index is 0.186. The molecule has 0 N–H and O–H groups in total. The molecule has 0 saturated carbocycles. The van der Waals surface area contributed by atoms with Crippen molar-refractivity contribution in [1.29, 1.82) is 0 Å². The fourth-order valence-corrected chi connectivity index (χ4v) is 3.60. The number of carbonyl (C=O) groups excluding carboxylic acids is 2. The van der Waals surface area contributed by atoms with Gasteiger partial charge in [-0.05, 0) is 23.8 Å². The molecule has 1 aliphatic heterocycles. The third kappa shape index (κ3) is 3.11. The Kier molecular flexibility index (Phi) is 4.78. The topological polar surface area (TPSA) is 46.6 Å². The van der Waals surface area contributed by atoms with Crippen LogP contribution >= 0.6 is 24.0 Å². The summed E-state index contributed by atoms with van der Waals surface area (Å²) in [6.07, 6.45) is 2.55. The Labute approximate surface area is 149 Å². The summed E-state index contributed by atoms with van der Waals surface area (Å²) in [4.78, 5) is 25.5. The van der Waals surface area contributed by atoms with Crippen LogP contribution in [-0.2, 0) is 4.79 Å². The zero-order chi connectivity index (χ0) is 17.1. The van der Waals surface area contributed by atoms with Gasteiger partial charge in [-0.25, -0.2) is 0 Å². The highest BCUT2D eigenvalue weighted by Gasteiger charge is 2.34. The van der Waals surface area contributed by atoms with Gasteiger partial charge in [-0.2, -0.15) is 0 Å². The number of para-hydroxylation sites is 2. The summed E-state index contributed by atoms with van der Waals surface area (Å²) in [7, 11) is 1.56. The minimum Gasteiger partial charge on any atom is -0.495 e. The molecule has 1 fully saturated rings. The molecule has 1 aliphatic rings. The van der Waals surface area contributed by atoms with Gasteiger partial charge in [0.2, 0.25) is 0 Å². The van der Waals surface area contributed by atoms with Gasteiger partial charge in [0, 0.05) is 5.56 Å². The van der Waals surface area contributed by atoms with Gasteiger partial charge in [-0.15, -0.1) is 0 Å². The van der Waals surface area contributed by atoms with E-state index in [9.17, 15) is 9.59 Å². The first kappa shape index (κ1) is 16.4. The van der Waals surface area contributed by atoms with Crippen LogP contribution in [-0.4, -0.2) is 23.6 Å². The molecule has 0 atom stereocenters. The Morgan fingerprint density at radius 3 is 2.42 bits per heavy atom. The third-order valence-corrected chi connectivity index (χ3v) is 4.79. The van der Waals surface area contributed by atoms with Crippen LogP contribution < -0.4 is 9.64 Å². The number of methoxy groups -OCH3 is 1. The molecule has 1 saturated heterocycles. The van der Waals surface area contributed by atoms with Crippen molar-refractivity contribution in [3.05, 3.63) is 64.6 Å². The maximum absolute atomic E-state index is 12.7. The van der Waals surface area contributed by atoms with Crippen LogP contribution in [0.1, 0.15) is 15.9 Å². The smallest absolute Gasteiger partial charge is 0.270 e. The molecular formula is C18H13NO3S2. The maximum Gasteiger partial charge on any atom is 0.270 e. The predicted molar refractivity (Wildman–Crippen MR) is 100 cm³/mol. The molecule has 0 bridgehead atoms. The van der Waals surface area contributed by atoms with E-state index in [1.807, 2.05) is 12.1 Å². The Hall–Kier alpha value is -2.44. The summed E-state index contributed by atoms with van der Waals surface area (Å²) in [5, 5.41) is 0. The molecule has 0 unspecified atom stereocenters. The largest absolute Gasteiger partial charge is 0.495 e. The molecule has 0 aliphatic carbocycles. The number of rotatable bonds is 4. The van der Waals surface area contributed by atoms with E-state index in [2.05, 4.69) is 0 Å². The Bertz CT molecular complexity index is 844. The minimum atomic E-state index is -0.186.